The Hall–Kier alpha value is -1.55. The highest BCUT2D eigenvalue weighted by Gasteiger charge is 2.23. The maximum absolute atomic E-state index is 10.7. The summed E-state index contributed by atoms with van der Waals surface area (Å²) < 4.78 is 5.40. The molecule has 0 fully saturated rings. The van der Waals surface area contributed by atoms with Crippen molar-refractivity contribution in [2.24, 2.45) is 5.73 Å². The Morgan fingerprint density at radius 1 is 1.62 bits per heavy atom. The van der Waals surface area contributed by atoms with Crippen molar-refractivity contribution in [3.63, 3.8) is 0 Å². The van der Waals surface area contributed by atoms with Gasteiger partial charge in [-0.3, -0.25) is 4.79 Å². The van der Waals surface area contributed by atoms with Gasteiger partial charge in [0.2, 0.25) is 0 Å². The monoisotopic (exact) mass is 220 g/mol. The van der Waals surface area contributed by atoms with E-state index in [0.29, 0.717) is 6.04 Å². The third-order valence-electron chi connectivity index (χ3n) is 2.95. The molecule has 0 aromatic heterocycles. The average Bonchev–Trinajstić information content (AvgIpc) is 2.69. The zero-order chi connectivity index (χ0) is 11.5. The minimum atomic E-state index is -0.444. The summed E-state index contributed by atoms with van der Waals surface area (Å²) in [5.74, 6) is 0.342. The molecule has 0 spiro atoms. The van der Waals surface area contributed by atoms with Crippen molar-refractivity contribution in [3.05, 3.63) is 29.3 Å². The zero-order valence-electron chi connectivity index (χ0n) is 9.32. The van der Waals surface area contributed by atoms with Gasteiger partial charge in [-0.25, -0.2) is 0 Å². The van der Waals surface area contributed by atoms with Gasteiger partial charge in [0.25, 0.3) is 5.91 Å². The number of benzene rings is 1. The first-order chi connectivity index (χ1) is 7.72. The average molecular weight is 220 g/mol. The van der Waals surface area contributed by atoms with Crippen LogP contribution in [0.1, 0.15) is 23.6 Å². The smallest absolute Gasteiger partial charge is 0.255 e. The van der Waals surface area contributed by atoms with Gasteiger partial charge in [0, 0.05) is 6.04 Å². The first-order valence-electron chi connectivity index (χ1n) is 5.42. The lowest BCUT2D eigenvalue weighted by Crippen LogP contribution is -2.20. The molecule has 0 radical (unpaired) electrons. The van der Waals surface area contributed by atoms with Crippen molar-refractivity contribution in [3.8, 4) is 5.75 Å². The molecule has 1 atom stereocenters. The summed E-state index contributed by atoms with van der Waals surface area (Å²) in [5, 5.41) is 3.27. The van der Waals surface area contributed by atoms with Crippen LogP contribution in [0.5, 0.6) is 5.75 Å². The second kappa shape index (κ2) is 4.53. The molecule has 3 N–H and O–H groups in total. The number of carbonyl (C=O) groups excluding carboxylic acids is 1. The predicted octanol–water partition coefficient (Wildman–Crippen LogP) is 0.757. The largest absolute Gasteiger partial charge is 0.483 e. The number of hydrogen-bond donors (Lipinski definition) is 2. The van der Waals surface area contributed by atoms with Gasteiger partial charge < -0.3 is 15.8 Å². The highest BCUT2D eigenvalue weighted by molar-refractivity contribution is 5.75. The minimum Gasteiger partial charge on any atom is -0.483 e. The molecule has 2 rings (SSSR count). The molecule has 86 valence electrons. The topological polar surface area (TPSA) is 64.3 Å². The van der Waals surface area contributed by atoms with Crippen LogP contribution in [-0.2, 0) is 11.2 Å². The Morgan fingerprint density at radius 2 is 2.44 bits per heavy atom. The van der Waals surface area contributed by atoms with Gasteiger partial charge in [0.05, 0.1) is 0 Å². The molecule has 1 aromatic carbocycles. The van der Waals surface area contributed by atoms with Crippen LogP contribution >= 0.6 is 0 Å². The maximum atomic E-state index is 10.7. The number of rotatable bonds is 4. The first-order valence-corrected chi connectivity index (χ1v) is 5.42. The summed E-state index contributed by atoms with van der Waals surface area (Å²) in [6.07, 6.45) is 2.05. The second-order valence-corrected chi connectivity index (χ2v) is 3.96. The number of hydrogen-bond acceptors (Lipinski definition) is 3. The van der Waals surface area contributed by atoms with E-state index >= 15 is 0 Å². The molecule has 0 saturated heterocycles. The molecule has 1 amide bonds. The van der Waals surface area contributed by atoms with E-state index in [9.17, 15) is 4.79 Å². The van der Waals surface area contributed by atoms with E-state index in [1.807, 2.05) is 19.2 Å². The highest BCUT2D eigenvalue weighted by atomic mass is 16.5. The number of amides is 1. The Balaban J connectivity index is 2.21. The van der Waals surface area contributed by atoms with Crippen molar-refractivity contribution >= 4 is 5.91 Å². The van der Waals surface area contributed by atoms with Gasteiger partial charge in [0.15, 0.2) is 6.61 Å². The van der Waals surface area contributed by atoms with Crippen molar-refractivity contribution in [1.29, 1.82) is 0 Å². The van der Waals surface area contributed by atoms with Gasteiger partial charge in [-0.1, -0.05) is 12.1 Å². The number of primary amides is 1. The van der Waals surface area contributed by atoms with Crippen molar-refractivity contribution in [2.75, 3.05) is 13.7 Å². The van der Waals surface area contributed by atoms with Gasteiger partial charge in [-0.2, -0.15) is 0 Å². The summed E-state index contributed by atoms with van der Waals surface area (Å²) in [7, 11) is 1.96. The molecule has 1 unspecified atom stereocenters. The van der Waals surface area contributed by atoms with Crippen molar-refractivity contribution < 1.29 is 9.53 Å². The van der Waals surface area contributed by atoms with Gasteiger partial charge in [0.1, 0.15) is 5.75 Å². The fraction of sp³-hybridized carbons (Fsp3) is 0.417. The predicted molar refractivity (Wildman–Crippen MR) is 61.3 cm³/mol. The van der Waals surface area contributed by atoms with Gasteiger partial charge >= 0.3 is 0 Å². The van der Waals surface area contributed by atoms with Crippen LogP contribution in [0.2, 0.25) is 0 Å². The summed E-state index contributed by atoms with van der Waals surface area (Å²) in [4.78, 5) is 10.7. The van der Waals surface area contributed by atoms with Crippen LogP contribution in [0.25, 0.3) is 0 Å². The zero-order valence-corrected chi connectivity index (χ0v) is 9.32. The number of fused-ring (bicyclic) bond motifs is 1. The molecule has 1 aliphatic carbocycles. The van der Waals surface area contributed by atoms with Crippen LogP contribution in [0.4, 0.5) is 0 Å². The molecule has 4 heteroatoms. The van der Waals surface area contributed by atoms with Crippen LogP contribution in [0, 0.1) is 0 Å². The maximum Gasteiger partial charge on any atom is 0.255 e. The Bertz CT molecular complexity index is 404. The lowest BCUT2D eigenvalue weighted by atomic mass is 10.1. The lowest BCUT2D eigenvalue weighted by Gasteiger charge is -2.12. The Labute approximate surface area is 94.8 Å². The Morgan fingerprint density at radius 3 is 3.12 bits per heavy atom. The van der Waals surface area contributed by atoms with Crippen molar-refractivity contribution in [2.45, 2.75) is 18.9 Å². The lowest BCUT2D eigenvalue weighted by molar-refractivity contribution is -0.119. The van der Waals surface area contributed by atoms with Gasteiger partial charge in [-0.05, 0) is 37.1 Å². The van der Waals surface area contributed by atoms with E-state index < -0.39 is 5.91 Å². The van der Waals surface area contributed by atoms with Crippen LogP contribution in [0.3, 0.4) is 0 Å². The molecule has 1 aliphatic rings. The molecular formula is C12H16N2O2. The van der Waals surface area contributed by atoms with E-state index in [2.05, 4.69) is 11.4 Å². The first kappa shape index (κ1) is 11.0. The number of ether oxygens (including phenoxy) is 1. The molecule has 4 nitrogen and oxygen atoms in total. The molecular weight excluding hydrogens is 204 g/mol. The quantitative estimate of drug-likeness (QED) is 0.787. The van der Waals surface area contributed by atoms with Crippen LogP contribution in [0.15, 0.2) is 18.2 Å². The van der Waals surface area contributed by atoms with E-state index in [-0.39, 0.29) is 6.61 Å². The summed E-state index contributed by atoms with van der Waals surface area (Å²) in [5.41, 5.74) is 7.53. The molecule has 0 bridgehead atoms. The van der Waals surface area contributed by atoms with Crippen molar-refractivity contribution in [1.82, 2.24) is 5.32 Å². The molecule has 16 heavy (non-hydrogen) atoms. The normalized spacial score (nSPS) is 18.2. The SMILES string of the molecule is CNC1CCc2c(OCC(N)=O)cccc21. The standard InChI is InChI=1S/C12H16N2O2/c1-14-10-6-5-9-8(10)3-2-4-11(9)16-7-12(13)15/h2-4,10,14H,5-7H2,1H3,(H2,13,15). The number of nitrogens with one attached hydrogen (secondary N) is 1. The third-order valence-corrected chi connectivity index (χ3v) is 2.95. The fourth-order valence-corrected chi connectivity index (χ4v) is 2.20. The molecule has 1 aromatic rings. The summed E-state index contributed by atoms with van der Waals surface area (Å²) in [6, 6.07) is 6.33. The summed E-state index contributed by atoms with van der Waals surface area (Å²) in [6.45, 7) is -0.0549. The van der Waals surface area contributed by atoms with Crippen LogP contribution in [-0.4, -0.2) is 19.6 Å². The third kappa shape index (κ3) is 2.02. The van der Waals surface area contributed by atoms with E-state index in [1.54, 1.807) is 0 Å². The van der Waals surface area contributed by atoms with Crippen LogP contribution < -0.4 is 15.8 Å². The Kier molecular flexibility index (Phi) is 3.10. The fourth-order valence-electron chi connectivity index (χ4n) is 2.20. The minimum absolute atomic E-state index is 0.0549. The highest BCUT2D eigenvalue weighted by Crippen LogP contribution is 2.36. The van der Waals surface area contributed by atoms with E-state index in [0.717, 1.165) is 18.6 Å². The number of carbonyl (C=O) groups is 1. The number of nitrogens with two attached hydrogens (primary N) is 1. The molecule has 0 aliphatic heterocycles. The molecule has 0 saturated carbocycles. The van der Waals surface area contributed by atoms with E-state index in [1.165, 1.54) is 11.1 Å². The molecule has 0 heterocycles. The van der Waals surface area contributed by atoms with Gasteiger partial charge in [-0.15, -0.1) is 0 Å². The second-order valence-electron chi connectivity index (χ2n) is 3.96. The summed E-state index contributed by atoms with van der Waals surface area (Å²) >= 11 is 0. The van der Waals surface area contributed by atoms with E-state index in [4.69, 9.17) is 10.5 Å².